The molecule has 0 heterocycles. The van der Waals surface area contributed by atoms with Crippen molar-refractivity contribution in [3.05, 3.63) is 35.4 Å². The van der Waals surface area contributed by atoms with Crippen LogP contribution in [-0.2, 0) is 26.1 Å². The number of hydrogen-bond donors (Lipinski definition) is 0. The third-order valence-electron chi connectivity index (χ3n) is 3.50. The molecule has 6 heteroatoms. The molecule has 0 amide bonds. The lowest BCUT2D eigenvalue weighted by molar-refractivity contribution is -0.141. The third-order valence-corrected chi connectivity index (χ3v) is 5.06. The number of benzene rings is 1. The van der Waals surface area contributed by atoms with E-state index < -0.39 is 22.4 Å². The first-order valence-electron chi connectivity index (χ1n) is 6.30. The van der Waals surface area contributed by atoms with E-state index in [-0.39, 0.29) is 29.1 Å². The maximum absolute atomic E-state index is 13.5. The van der Waals surface area contributed by atoms with E-state index in [1.54, 1.807) is 0 Å². The molecule has 0 radical (unpaired) electrons. The van der Waals surface area contributed by atoms with Crippen molar-refractivity contribution in [1.29, 1.82) is 0 Å². The minimum Gasteiger partial charge on any atom is -0.469 e. The van der Waals surface area contributed by atoms with Crippen molar-refractivity contribution in [3.63, 3.8) is 0 Å². The average molecular weight is 302 g/mol. The Bertz CT molecular complexity index is 541. The molecule has 1 aromatic carbocycles. The summed E-state index contributed by atoms with van der Waals surface area (Å²) in [5, 5.41) is 0. The van der Waals surface area contributed by atoms with Crippen molar-refractivity contribution in [2.45, 2.75) is 25.0 Å². The number of halogens is 2. The lowest BCUT2D eigenvalue weighted by Crippen LogP contribution is -2.18. The Morgan fingerprint density at radius 3 is 2.70 bits per heavy atom. The standard InChI is InChI=1S/C14H16F2O3S/c1-19-13(17)7-14(4-5-14)9-20(18)8-10-6-11(15)2-3-12(10)16/h2-3,6H,4-5,7-9H2,1H3. The fourth-order valence-electron chi connectivity index (χ4n) is 2.15. The molecule has 1 unspecified atom stereocenters. The van der Waals surface area contributed by atoms with E-state index in [1.807, 2.05) is 0 Å². The Morgan fingerprint density at radius 1 is 1.40 bits per heavy atom. The van der Waals surface area contributed by atoms with E-state index in [2.05, 4.69) is 4.74 Å². The number of carbonyl (C=O) groups excluding carboxylic acids is 1. The summed E-state index contributed by atoms with van der Waals surface area (Å²) in [4.78, 5) is 11.3. The van der Waals surface area contributed by atoms with Gasteiger partial charge in [0, 0.05) is 22.1 Å². The molecule has 0 N–H and O–H groups in total. The van der Waals surface area contributed by atoms with Crippen LogP contribution in [0.15, 0.2) is 18.2 Å². The minimum atomic E-state index is -1.33. The summed E-state index contributed by atoms with van der Waals surface area (Å²) < 4.78 is 43.2. The Labute approximate surface area is 118 Å². The van der Waals surface area contributed by atoms with Gasteiger partial charge in [-0.2, -0.15) is 0 Å². The van der Waals surface area contributed by atoms with E-state index in [0.29, 0.717) is 5.75 Å². The third kappa shape index (κ3) is 3.85. The Morgan fingerprint density at radius 2 is 2.10 bits per heavy atom. The Hall–Kier alpha value is -1.30. The van der Waals surface area contributed by atoms with Crippen LogP contribution in [0.4, 0.5) is 8.78 Å². The summed E-state index contributed by atoms with van der Waals surface area (Å²) in [5.41, 5.74) is -0.168. The molecule has 1 saturated carbocycles. The second-order valence-electron chi connectivity index (χ2n) is 5.22. The van der Waals surface area contributed by atoms with Gasteiger partial charge in [-0.1, -0.05) is 0 Å². The summed E-state index contributed by atoms with van der Waals surface area (Å²) in [6.07, 6.45) is 1.87. The zero-order valence-corrected chi connectivity index (χ0v) is 12.0. The maximum atomic E-state index is 13.5. The van der Waals surface area contributed by atoms with Crippen LogP contribution in [-0.4, -0.2) is 23.0 Å². The quantitative estimate of drug-likeness (QED) is 0.759. The average Bonchev–Trinajstić information content (AvgIpc) is 3.12. The molecule has 1 aliphatic rings. The second-order valence-corrected chi connectivity index (χ2v) is 6.67. The molecule has 1 fully saturated rings. The van der Waals surface area contributed by atoms with Gasteiger partial charge in [0.1, 0.15) is 11.6 Å². The van der Waals surface area contributed by atoms with Crippen molar-refractivity contribution < 1.29 is 22.5 Å². The number of ether oxygens (including phenoxy) is 1. The molecule has 1 aromatic rings. The van der Waals surface area contributed by atoms with Gasteiger partial charge in [0.05, 0.1) is 19.3 Å². The van der Waals surface area contributed by atoms with E-state index >= 15 is 0 Å². The number of esters is 1. The molecule has 0 aromatic heterocycles. The van der Waals surface area contributed by atoms with Crippen molar-refractivity contribution >= 4 is 16.8 Å². The van der Waals surface area contributed by atoms with Gasteiger partial charge in [-0.15, -0.1) is 0 Å². The Kier molecular flexibility index (Phi) is 4.52. The van der Waals surface area contributed by atoms with Gasteiger partial charge in [-0.3, -0.25) is 9.00 Å². The fraction of sp³-hybridized carbons (Fsp3) is 0.500. The van der Waals surface area contributed by atoms with Crippen LogP contribution in [0.5, 0.6) is 0 Å². The van der Waals surface area contributed by atoms with Gasteiger partial charge in [0.2, 0.25) is 0 Å². The summed E-state index contributed by atoms with van der Waals surface area (Å²) in [6.45, 7) is 0. The lowest BCUT2D eigenvalue weighted by atomic mass is 10.1. The fourth-order valence-corrected chi connectivity index (χ4v) is 3.89. The van der Waals surface area contributed by atoms with Crippen molar-refractivity contribution in [2.24, 2.45) is 5.41 Å². The minimum absolute atomic E-state index is 0.0352. The monoisotopic (exact) mass is 302 g/mol. The van der Waals surface area contributed by atoms with Crippen molar-refractivity contribution in [1.82, 2.24) is 0 Å². The highest BCUT2D eigenvalue weighted by atomic mass is 32.2. The highest BCUT2D eigenvalue weighted by Gasteiger charge is 2.45. The molecule has 0 spiro atoms. The van der Waals surface area contributed by atoms with Crippen LogP contribution < -0.4 is 0 Å². The predicted octanol–water partition coefficient (Wildman–Crippen LogP) is 2.56. The first kappa shape index (κ1) is 15.1. The van der Waals surface area contributed by atoms with Gasteiger partial charge in [0.15, 0.2) is 0 Å². The molecule has 0 aliphatic heterocycles. The second kappa shape index (κ2) is 5.99. The summed E-state index contributed by atoms with van der Waals surface area (Å²) in [6, 6.07) is 3.12. The first-order chi connectivity index (χ1) is 9.44. The van der Waals surface area contributed by atoms with Gasteiger partial charge < -0.3 is 4.74 Å². The lowest BCUT2D eigenvalue weighted by Gasteiger charge is -2.13. The number of methoxy groups -OCH3 is 1. The first-order valence-corrected chi connectivity index (χ1v) is 7.79. The topological polar surface area (TPSA) is 43.4 Å². The smallest absolute Gasteiger partial charge is 0.306 e. The SMILES string of the molecule is COC(=O)CC1(CS(=O)Cc2cc(F)ccc2F)CC1. The molecule has 110 valence electrons. The molecule has 20 heavy (non-hydrogen) atoms. The zero-order valence-electron chi connectivity index (χ0n) is 11.2. The van der Waals surface area contributed by atoms with Crippen LogP contribution in [0, 0.1) is 17.0 Å². The molecule has 0 saturated heterocycles. The van der Waals surface area contributed by atoms with Crippen LogP contribution in [0.3, 0.4) is 0 Å². The molecule has 1 aliphatic carbocycles. The van der Waals surface area contributed by atoms with Crippen LogP contribution in [0.2, 0.25) is 0 Å². The van der Waals surface area contributed by atoms with E-state index in [9.17, 15) is 17.8 Å². The Balaban J connectivity index is 1.96. The maximum Gasteiger partial charge on any atom is 0.306 e. The largest absolute Gasteiger partial charge is 0.469 e. The van der Waals surface area contributed by atoms with Gasteiger partial charge in [-0.05, 0) is 36.5 Å². The van der Waals surface area contributed by atoms with E-state index in [4.69, 9.17) is 0 Å². The molecule has 2 rings (SSSR count). The van der Waals surface area contributed by atoms with E-state index in [0.717, 1.165) is 31.0 Å². The normalized spacial score (nSPS) is 17.6. The predicted molar refractivity (Wildman–Crippen MR) is 71.4 cm³/mol. The van der Waals surface area contributed by atoms with Crippen molar-refractivity contribution in [3.8, 4) is 0 Å². The number of hydrogen-bond acceptors (Lipinski definition) is 3. The summed E-state index contributed by atoms with van der Waals surface area (Å²) in [5.74, 6) is -1.15. The van der Waals surface area contributed by atoms with Gasteiger partial charge >= 0.3 is 5.97 Å². The summed E-state index contributed by atoms with van der Waals surface area (Å²) >= 11 is 0. The molecule has 3 nitrogen and oxygen atoms in total. The van der Waals surface area contributed by atoms with Crippen molar-refractivity contribution in [2.75, 3.05) is 12.9 Å². The zero-order chi connectivity index (χ0) is 14.8. The highest BCUT2D eigenvalue weighted by molar-refractivity contribution is 7.84. The van der Waals surface area contributed by atoms with Crippen LogP contribution >= 0.6 is 0 Å². The molecular weight excluding hydrogens is 286 g/mol. The number of carbonyl (C=O) groups is 1. The van der Waals surface area contributed by atoms with Crippen LogP contribution in [0.1, 0.15) is 24.8 Å². The number of rotatable bonds is 6. The molecular formula is C14H16F2O3S. The molecule has 0 bridgehead atoms. The van der Waals surface area contributed by atoms with Gasteiger partial charge in [-0.25, -0.2) is 8.78 Å². The van der Waals surface area contributed by atoms with Gasteiger partial charge in [0.25, 0.3) is 0 Å². The summed E-state index contributed by atoms with van der Waals surface area (Å²) in [7, 11) is -0.0124. The van der Waals surface area contributed by atoms with Crippen LogP contribution in [0.25, 0.3) is 0 Å². The highest BCUT2D eigenvalue weighted by Crippen LogP contribution is 2.49. The van der Waals surface area contributed by atoms with E-state index in [1.165, 1.54) is 7.11 Å². The molecule has 1 atom stereocenters.